The summed E-state index contributed by atoms with van der Waals surface area (Å²) in [6, 6.07) is -0.0306. The molecule has 0 aromatic carbocycles. The van der Waals surface area contributed by atoms with E-state index in [-0.39, 0.29) is 30.1 Å². The Morgan fingerprint density at radius 3 is 2.64 bits per heavy atom. The first-order valence-electron chi connectivity index (χ1n) is 8.83. The zero-order valence-electron chi connectivity index (χ0n) is 16.0. The molecule has 0 radical (unpaired) electrons. The number of carbonyl (C=O) groups is 2. The van der Waals surface area contributed by atoms with Gasteiger partial charge in [0.05, 0.1) is 18.2 Å². The van der Waals surface area contributed by atoms with Gasteiger partial charge in [-0.1, -0.05) is 31.2 Å². The van der Waals surface area contributed by atoms with Gasteiger partial charge in [-0.25, -0.2) is 0 Å². The Morgan fingerprint density at radius 1 is 1.36 bits per heavy atom. The normalized spacial score (nSPS) is 28.4. The van der Waals surface area contributed by atoms with E-state index in [1.807, 2.05) is 19.9 Å². The van der Waals surface area contributed by atoms with Crippen molar-refractivity contribution in [1.82, 2.24) is 5.32 Å². The summed E-state index contributed by atoms with van der Waals surface area (Å²) in [5, 5.41) is 2.98. The highest BCUT2D eigenvalue weighted by atomic mass is 16.5. The van der Waals surface area contributed by atoms with Crippen LogP contribution in [0.3, 0.4) is 0 Å². The summed E-state index contributed by atoms with van der Waals surface area (Å²) < 4.78 is 11.1. The maximum Gasteiger partial charge on any atom is 0.303 e. The fourth-order valence-electron chi connectivity index (χ4n) is 2.85. The zero-order chi connectivity index (χ0) is 19.0. The van der Waals surface area contributed by atoms with Crippen LogP contribution < -0.4 is 5.32 Å². The highest BCUT2D eigenvalue weighted by Crippen LogP contribution is 2.27. The lowest BCUT2D eigenvalue weighted by Gasteiger charge is -2.39. The van der Waals surface area contributed by atoms with Crippen LogP contribution in [0.15, 0.2) is 36.5 Å². The van der Waals surface area contributed by atoms with Gasteiger partial charge < -0.3 is 14.8 Å². The van der Waals surface area contributed by atoms with Crippen LogP contribution in [-0.2, 0) is 19.1 Å². The van der Waals surface area contributed by atoms with E-state index in [9.17, 15) is 9.59 Å². The molecule has 5 atom stereocenters. The summed E-state index contributed by atoms with van der Waals surface area (Å²) in [5.41, 5.74) is 1.14. The van der Waals surface area contributed by atoms with Gasteiger partial charge >= 0.3 is 5.97 Å². The first-order valence-corrected chi connectivity index (χ1v) is 8.83. The van der Waals surface area contributed by atoms with E-state index in [0.717, 1.165) is 18.4 Å². The molecular weight excluding hydrogens is 318 g/mol. The van der Waals surface area contributed by atoms with Crippen LogP contribution in [0, 0.1) is 5.92 Å². The molecule has 1 rings (SSSR count). The smallest absolute Gasteiger partial charge is 0.303 e. The van der Waals surface area contributed by atoms with Gasteiger partial charge in [-0.15, -0.1) is 0 Å². The molecule has 0 spiro atoms. The number of hydrogen-bond acceptors (Lipinski definition) is 4. The van der Waals surface area contributed by atoms with Crippen molar-refractivity contribution in [2.45, 2.75) is 71.8 Å². The summed E-state index contributed by atoms with van der Waals surface area (Å²) in [5.74, 6) is -0.223. The van der Waals surface area contributed by atoms with E-state index >= 15 is 0 Å². The average molecular weight is 349 g/mol. The van der Waals surface area contributed by atoms with Gasteiger partial charge in [-0.2, -0.15) is 0 Å². The van der Waals surface area contributed by atoms with E-state index in [4.69, 9.17) is 9.47 Å². The molecule has 1 N–H and O–H groups in total. The first kappa shape index (κ1) is 21.2. The van der Waals surface area contributed by atoms with Crippen molar-refractivity contribution in [3.63, 3.8) is 0 Å². The van der Waals surface area contributed by atoms with Gasteiger partial charge in [-0.05, 0) is 45.6 Å². The summed E-state index contributed by atoms with van der Waals surface area (Å²) in [6.45, 7) is 13.0. The number of carbonyl (C=O) groups excluding carboxylic acids is 2. The van der Waals surface area contributed by atoms with Crippen molar-refractivity contribution in [2.75, 3.05) is 0 Å². The van der Waals surface area contributed by atoms with E-state index in [0.29, 0.717) is 5.92 Å². The summed E-state index contributed by atoms with van der Waals surface area (Å²) in [4.78, 5) is 22.9. The molecule has 1 fully saturated rings. The lowest BCUT2D eigenvalue weighted by molar-refractivity contribution is -0.143. The predicted octanol–water partition coefficient (Wildman–Crippen LogP) is 3.31. The summed E-state index contributed by atoms with van der Waals surface area (Å²) in [6.07, 6.45) is 8.34. The first-order chi connectivity index (χ1) is 11.7. The van der Waals surface area contributed by atoms with Crippen molar-refractivity contribution in [2.24, 2.45) is 5.92 Å². The van der Waals surface area contributed by atoms with Crippen LogP contribution in [0.25, 0.3) is 0 Å². The van der Waals surface area contributed by atoms with Gasteiger partial charge in [0, 0.05) is 13.0 Å². The van der Waals surface area contributed by atoms with E-state index in [1.54, 1.807) is 13.0 Å². The Labute approximate surface area is 151 Å². The SMILES string of the molecule is C=C/C(C)=C/C[C@@H]1O[C@H](C)[C@H](NC(=O)/C=C/[C@H](C)OC(C)=O)C[C@@H]1C. The molecule has 1 aliphatic heterocycles. The molecule has 0 saturated carbocycles. The number of rotatable bonds is 7. The predicted molar refractivity (Wildman–Crippen MR) is 99.0 cm³/mol. The zero-order valence-corrected chi connectivity index (χ0v) is 16.0. The topological polar surface area (TPSA) is 64.6 Å². The minimum absolute atomic E-state index is 0.0306. The number of allylic oxidation sites excluding steroid dienone is 2. The van der Waals surface area contributed by atoms with Crippen LogP contribution in [-0.4, -0.2) is 36.2 Å². The third kappa shape index (κ3) is 7.69. The molecule has 1 amide bonds. The fourth-order valence-corrected chi connectivity index (χ4v) is 2.85. The molecule has 140 valence electrons. The van der Waals surface area contributed by atoms with Gasteiger partial charge in [0.15, 0.2) is 0 Å². The molecule has 25 heavy (non-hydrogen) atoms. The second-order valence-electron chi connectivity index (χ2n) is 6.77. The second kappa shape index (κ2) is 10.2. The van der Waals surface area contributed by atoms with Crippen molar-refractivity contribution in [1.29, 1.82) is 0 Å². The van der Waals surface area contributed by atoms with Crippen LogP contribution >= 0.6 is 0 Å². The van der Waals surface area contributed by atoms with Crippen LogP contribution in [0.4, 0.5) is 0 Å². The number of esters is 1. The van der Waals surface area contributed by atoms with Crippen molar-refractivity contribution in [3.05, 3.63) is 36.5 Å². The third-order valence-corrected chi connectivity index (χ3v) is 4.41. The lowest BCUT2D eigenvalue weighted by Crippen LogP contribution is -2.50. The molecule has 0 aromatic heterocycles. The standard InChI is InChI=1S/C20H31NO4/c1-7-13(2)8-10-19-14(3)12-18(16(5)25-19)21-20(23)11-9-15(4)24-17(6)22/h7-9,11,14-16,18-19H,1,10,12H2,2-6H3,(H,21,23)/b11-9+,13-8+/t14-,15-,16+,18+,19-/m0/s1. The molecule has 1 heterocycles. The highest BCUT2D eigenvalue weighted by molar-refractivity contribution is 5.87. The summed E-state index contributed by atoms with van der Waals surface area (Å²) in [7, 11) is 0. The van der Waals surface area contributed by atoms with Gasteiger partial charge in [0.1, 0.15) is 6.10 Å². The number of hydrogen-bond donors (Lipinski definition) is 1. The van der Waals surface area contributed by atoms with Crippen LogP contribution in [0.2, 0.25) is 0 Å². The Morgan fingerprint density at radius 2 is 2.04 bits per heavy atom. The number of ether oxygens (including phenoxy) is 2. The van der Waals surface area contributed by atoms with E-state index < -0.39 is 6.10 Å². The second-order valence-corrected chi connectivity index (χ2v) is 6.77. The van der Waals surface area contributed by atoms with Crippen LogP contribution in [0.5, 0.6) is 0 Å². The molecule has 0 aliphatic carbocycles. The monoisotopic (exact) mass is 349 g/mol. The van der Waals surface area contributed by atoms with E-state index in [2.05, 4.69) is 24.9 Å². The van der Waals surface area contributed by atoms with Gasteiger partial charge in [0.2, 0.25) is 5.91 Å². The Bertz CT molecular complexity index is 538. The maximum atomic E-state index is 12.1. The Hall–Kier alpha value is -1.88. The van der Waals surface area contributed by atoms with Crippen molar-refractivity contribution >= 4 is 11.9 Å². The molecule has 5 nitrogen and oxygen atoms in total. The molecule has 1 aliphatic rings. The highest BCUT2D eigenvalue weighted by Gasteiger charge is 2.33. The minimum atomic E-state index is -0.425. The molecule has 5 heteroatoms. The van der Waals surface area contributed by atoms with Crippen molar-refractivity contribution in [3.8, 4) is 0 Å². The largest absolute Gasteiger partial charge is 0.459 e. The third-order valence-electron chi connectivity index (χ3n) is 4.41. The molecule has 0 unspecified atom stereocenters. The molecule has 1 saturated heterocycles. The molecule has 0 bridgehead atoms. The van der Waals surface area contributed by atoms with Gasteiger partial charge in [0.25, 0.3) is 0 Å². The lowest BCUT2D eigenvalue weighted by atomic mass is 9.88. The minimum Gasteiger partial charge on any atom is -0.459 e. The van der Waals surface area contributed by atoms with E-state index in [1.165, 1.54) is 13.0 Å². The number of nitrogens with one attached hydrogen (secondary N) is 1. The molecule has 0 aromatic rings. The average Bonchev–Trinajstić information content (AvgIpc) is 2.53. The molecular formula is C20H31NO4. The quantitative estimate of drug-likeness (QED) is 0.435. The van der Waals surface area contributed by atoms with Gasteiger partial charge in [-0.3, -0.25) is 9.59 Å². The summed E-state index contributed by atoms with van der Waals surface area (Å²) >= 11 is 0. The fraction of sp³-hybridized carbons (Fsp3) is 0.600. The number of amides is 1. The Balaban J connectivity index is 2.53. The maximum absolute atomic E-state index is 12.1. The Kier molecular flexibility index (Phi) is 8.62. The van der Waals surface area contributed by atoms with Crippen molar-refractivity contribution < 1.29 is 19.1 Å². The van der Waals surface area contributed by atoms with Crippen LogP contribution in [0.1, 0.15) is 47.5 Å².